The fourth-order valence-corrected chi connectivity index (χ4v) is 4.04. The number of aliphatic hydroxyl groups is 2. The summed E-state index contributed by atoms with van der Waals surface area (Å²) in [6.07, 6.45) is -3.80. The number of esters is 1. The summed E-state index contributed by atoms with van der Waals surface area (Å²) in [7, 11) is -1.62. The highest BCUT2D eigenvalue weighted by atomic mass is 32.2. The van der Waals surface area contributed by atoms with E-state index in [1.807, 2.05) is 0 Å². The van der Waals surface area contributed by atoms with E-state index in [0.29, 0.717) is 5.75 Å². The Hall–Kier alpha value is -1.76. The molecule has 0 bridgehead atoms. The number of rotatable bonds is 8. The van der Waals surface area contributed by atoms with Crippen molar-refractivity contribution in [2.45, 2.75) is 48.9 Å². The normalized spacial score (nSPS) is 23.8. The third-order valence-electron chi connectivity index (χ3n) is 4.17. The summed E-state index contributed by atoms with van der Waals surface area (Å²) >= 11 is 0. The second-order valence-corrected chi connectivity index (χ2v) is 8.33. The molecule has 3 N–H and O–H groups in total. The molecule has 158 valence electrons. The lowest BCUT2D eigenvalue weighted by molar-refractivity contribution is -0.161. The van der Waals surface area contributed by atoms with Crippen molar-refractivity contribution in [1.82, 2.24) is 4.72 Å². The van der Waals surface area contributed by atoms with Crippen LogP contribution in [0.4, 0.5) is 0 Å². The smallest absolute Gasteiger partial charge is 0.326 e. The van der Waals surface area contributed by atoms with Gasteiger partial charge < -0.3 is 29.2 Å². The Morgan fingerprint density at radius 2 is 1.79 bits per heavy atom. The molecule has 1 aliphatic heterocycles. The molecule has 1 fully saturated rings. The zero-order chi connectivity index (χ0) is 21.1. The van der Waals surface area contributed by atoms with Crippen LogP contribution in [0.2, 0.25) is 0 Å². The number of aliphatic hydroxyl groups excluding tert-OH is 2. The van der Waals surface area contributed by atoms with Gasteiger partial charge in [0.15, 0.2) is 5.79 Å². The predicted molar refractivity (Wildman–Crippen MR) is 96.0 cm³/mol. The molecule has 0 saturated carbocycles. The van der Waals surface area contributed by atoms with Gasteiger partial charge in [-0.25, -0.2) is 8.42 Å². The molecule has 10 nitrogen and oxygen atoms in total. The predicted octanol–water partition coefficient (Wildman–Crippen LogP) is -0.612. The Bertz CT molecular complexity index is 778. The summed E-state index contributed by atoms with van der Waals surface area (Å²) in [6, 6.07) is 4.01. The summed E-state index contributed by atoms with van der Waals surface area (Å²) in [5.74, 6) is -1.69. The third-order valence-corrected chi connectivity index (χ3v) is 5.62. The van der Waals surface area contributed by atoms with Crippen molar-refractivity contribution in [2.75, 3.05) is 20.8 Å². The van der Waals surface area contributed by atoms with Crippen LogP contribution in [0, 0.1) is 0 Å². The lowest BCUT2D eigenvalue weighted by Crippen LogP contribution is -2.55. The van der Waals surface area contributed by atoms with E-state index in [9.17, 15) is 23.4 Å². The molecule has 1 saturated heterocycles. The maximum absolute atomic E-state index is 12.8. The zero-order valence-corrected chi connectivity index (χ0v) is 16.8. The molecule has 1 aliphatic rings. The minimum atomic E-state index is -4.16. The third kappa shape index (κ3) is 4.99. The molecule has 0 spiro atoms. The van der Waals surface area contributed by atoms with E-state index in [1.165, 1.54) is 45.2 Å². The van der Waals surface area contributed by atoms with E-state index in [1.54, 1.807) is 0 Å². The summed E-state index contributed by atoms with van der Waals surface area (Å²) in [6.45, 7) is 2.41. The minimum absolute atomic E-state index is 0.111. The van der Waals surface area contributed by atoms with Crippen molar-refractivity contribution in [2.24, 2.45) is 0 Å². The topological polar surface area (TPSA) is 141 Å². The van der Waals surface area contributed by atoms with E-state index in [-0.39, 0.29) is 4.90 Å². The van der Waals surface area contributed by atoms with Gasteiger partial charge in [-0.15, -0.1) is 0 Å². The van der Waals surface area contributed by atoms with Gasteiger partial charge in [-0.2, -0.15) is 4.72 Å². The van der Waals surface area contributed by atoms with E-state index < -0.39 is 52.7 Å². The van der Waals surface area contributed by atoms with Gasteiger partial charge in [0, 0.05) is 0 Å². The van der Waals surface area contributed by atoms with E-state index in [0.717, 1.165) is 7.11 Å². The van der Waals surface area contributed by atoms with Crippen molar-refractivity contribution < 1.29 is 42.4 Å². The maximum atomic E-state index is 12.8. The molecule has 0 radical (unpaired) electrons. The number of carbonyl (C=O) groups is 1. The molecule has 0 unspecified atom stereocenters. The summed E-state index contributed by atoms with van der Waals surface area (Å²) < 4.78 is 48.7. The summed E-state index contributed by atoms with van der Waals surface area (Å²) in [5, 5.41) is 19.3. The molecule has 1 heterocycles. The fraction of sp³-hybridized carbons (Fsp3) is 0.588. The highest BCUT2D eigenvalue weighted by Crippen LogP contribution is 2.32. The average molecular weight is 419 g/mol. The molecular weight excluding hydrogens is 394 g/mol. The summed E-state index contributed by atoms with van der Waals surface area (Å²) in [4.78, 5) is 12.2. The first kappa shape index (κ1) is 22.5. The van der Waals surface area contributed by atoms with Crippen LogP contribution in [0.3, 0.4) is 0 Å². The lowest BCUT2D eigenvalue weighted by Gasteiger charge is -2.27. The highest BCUT2D eigenvalue weighted by Gasteiger charge is 2.51. The number of benzene rings is 1. The van der Waals surface area contributed by atoms with E-state index in [2.05, 4.69) is 4.72 Å². The van der Waals surface area contributed by atoms with E-state index in [4.69, 9.17) is 18.9 Å². The number of hydrogen-bond donors (Lipinski definition) is 3. The van der Waals surface area contributed by atoms with Gasteiger partial charge in [-0.3, -0.25) is 4.79 Å². The van der Waals surface area contributed by atoms with Crippen LogP contribution in [0.15, 0.2) is 29.2 Å². The van der Waals surface area contributed by atoms with Gasteiger partial charge in [0.1, 0.15) is 30.1 Å². The highest BCUT2D eigenvalue weighted by molar-refractivity contribution is 7.89. The molecule has 1 aromatic carbocycles. The Morgan fingerprint density at radius 1 is 1.21 bits per heavy atom. The van der Waals surface area contributed by atoms with Crippen LogP contribution in [0.1, 0.15) is 13.8 Å². The number of methoxy groups -OCH3 is 2. The molecule has 11 heteroatoms. The first-order valence-corrected chi connectivity index (χ1v) is 9.91. The summed E-state index contributed by atoms with van der Waals surface area (Å²) in [5.41, 5.74) is 0. The molecule has 28 heavy (non-hydrogen) atoms. The standard InChI is InChI=1S/C17H25NO9S/c1-17(2)26-14(12(20)9-19)15(27-17)13(16(21)25-4)18-28(22,23)11-7-5-10(24-3)6-8-11/h5-8,12-15,18-20H,9H2,1-4H3/t12-,13-,14+,15+/m1/s1. The van der Waals surface area contributed by atoms with Gasteiger partial charge in [0.2, 0.25) is 10.0 Å². The van der Waals surface area contributed by atoms with Crippen molar-refractivity contribution in [3.05, 3.63) is 24.3 Å². The molecular formula is C17H25NO9S. The van der Waals surface area contributed by atoms with Gasteiger partial charge in [-0.05, 0) is 38.1 Å². The van der Waals surface area contributed by atoms with Crippen LogP contribution in [-0.2, 0) is 29.0 Å². The molecule has 0 aliphatic carbocycles. The second kappa shape index (κ2) is 8.72. The Kier molecular flexibility index (Phi) is 7.02. The van der Waals surface area contributed by atoms with Crippen LogP contribution < -0.4 is 9.46 Å². The van der Waals surface area contributed by atoms with Crippen LogP contribution in [0.5, 0.6) is 5.75 Å². The SMILES string of the molecule is COC(=O)[C@H](NS(=O)(=O)c1ccc(OC)cc1)[C@@H]1OC(C)(C)O[C@H]1[C@H](O)CO. The van der Waals surface area contributed by atoms with Gasteiger partial charge in [0.25, 0.3) is 0 Å². The Balaban J connectivity index is 2.36. The van der Waals surface area contributed by atoms with E-state index >= 15 is 0 Å². The molecule has 0 aromatic heterocycles. The molecule has 0 amide bonds. The van der Waals surface area contributed by atoms with Crippen molar-refractivity contribution in [1.29, 1.82) is 0 Å². The van der Waals surface area contributed by atoms with Gasteiger partial charge >= 0.3 is 5.97 Å². The van der Waals surface area contributed by atoms with Crippen LogP contribution in [-0.4, -0.2) is 75.6 Å². The number of sulfonamides is 1. The van der Waals surface area contributed by atoms with Crippen molar-refractivity contribution in [3.63, 3.8) is 0 Å². The average Bonchev–Trinajstić information content (AvgIpc) is 3.00. The maximum Gasteiger partial charge on any atom is 0.326 e. The number of hydrogen-bond acceptors (Lipinski definition) is 9. The molecule has 2 rings (SSSR count). The zero-order valence-electron chi connectivity index (χ0n) is 16.0. The first-order chi connectivity index (χ1) is 13.0. The van der Waals surface area contributed by atoms with Gasteiger partial charge in [0.05, 0.1) is 25.7 Å². The van der Waals surface area contributed by atoms with Crippen molar-refractivity contribution >= 4 is 16.0 Å². The minimum Gasteiger partial charge on any atom is -0.497 e. The van der Waals surface area contributed by atoms with Crippen molar-refractivity contribution in [3.8, 4) is 5.75 Å². The monoisotopic (exact) mass is 419 g/mol. The number of carbonyl (C=O) groups excluding carboxylic acids is 1. The number of ether oxygens (including phenoxy) is 4. The Labute approximate surface area is 163 Å². The van der Waals surface area contributed by atoms with Gasteiger partial charge in [-0.1, -0.05) is 0 Å². The molecule has 4 atom stereocenters. The lowest BCUT2D eigenvalue weighted by atomic mass is 10.0. The Morgan fingerprint density at radius 3 is 2.29 bits per heavy atom. The largest absolute Gasteiger partial charge is 0.497 e. The fourth-order valence-electron chi connectivity index (χ4n) is 2.84. The van der Waals surface area contributed by atoms with Crippen LogP contribution >= 0.6 is 0 Å². The quantitative estimate of drug-likeness (QED) is 0.471. The van der Waals surface area contributed by atoms with Crippen LogP contribution in [0.25, 0.3) is 0 Å². The number of nitrogens with one attached hydrogen (secondary N) is 1. The first-order valence-electron chi connectivity index (χ1n) is 8.43. The second-order valence-electron chi connectivity index (χ2n) is 6.61. The molecule has 1 aromatic rings.